The number of aryl methyl sites for hydroxylation is 4. The zero-order chi connectivity index (χ0) is 26.1. The minimum Gasteiger partial charge on any atom is -0.367 e. The molecule has 6 heteroatoms. The van der Waals surface area contributed by atoms with Gasteiger partial charge in [-0.2, -0.15) is 5.10 Å². The van der Waals surface area contributed by atoms with E-state index >= 15 is 0 Å². The van der Waals surface area contributed by atoms with Gasteiger partial charge in [-0.15, -0.1) is 0 Å². The minimum atomic E-state index is -0.200. The number of anilines is 1. The SMILES string of the molecule is Cc1ccc(C2=NN(C(=O)CN3CCN(c4ccccc4F)CC3)C(c3cc(C)ccc3C)C2)c(C)c1. The zero-order valence-corrected chi connectivity index (χ0v) is 22.2. The van der Waals surface area contributed by atoms with Gasteiger partial charge in [-0.05, 0) is 56.5 Å². The number of para-hydroxylation sites is 1. The summed E-state index contributed by atoms with van der Waals surface area (Å²) in [5.41, 5.74) is 8.59. The first-order valence-electron chi connectivity index (χ1n) is 13.1. The fraction of sp³-hybridized carbons (Fsp3) is 0.355. The lowest BCUT2D eigenvalue weighted by Gasteiger charge is -2.36. The van der Waals surface area contributed by atoms with E-state index in [4.69, 9.17) is 5.10 Å². The summed E-state index contributed by atoms with van der Waals surface area (Å²) in [4.78, 5) is 17.9. The number of rotatable bonds is 5. The van der Waals surface area contributed by atoms with Gasteiger partial charge in [0.2, 0.25) is 0 Å². The summed E-state index contributed by atoms with van der Waals surface area (Å²) < 4.78 is 14.2. The van der Waals surface area contributed by atoms with Crippen molar-refractivity contribution < 1.29 is 9.18 Å². The Labute approximate surface area is 219 Å². The van der Waals surface area contributed by atoms with E-state index in [-0.39, 0.29) is 17.8 Å². The van der Waals surface area contributed by atoms with Crippen LogP contribution in [-0.2, 0) is 4.79 Å². The summed E-state index contributed by atoms with van der Waals surface area (Å²) in [5, 5.41) is 6.65. The number of carbonyl (C=O) groups excluding carboxylic acids is 1. The molecule has 0 bridgehead atoms. The topological polar surface area (TPSA) is 39.2 Å². The number of benzene rings is 3. The Kier molecular flexibility index (Phi) is 7.11. The number of hydrazone groups is 1. The first kappa shape index (κ1) is 25.2. The van der Waals surface area contributed by atoms with Gasteiger partial charge in [0.15, 0.2) is 0 Å². The van der Waals surface area contributed by atoms with Gasteiger partial charge in [0, 0.05) is 38.2 Å². The highest BCUT2D eigenvalue weighted by Crippen LogP contribution is 2.36. The van der Waals surface area contributed by atoms with Gasteiger partial charge in [0.1, 0.15) is 5.82 Å². The van der Waals surface area contributed by atoms with Gasteiger partial charge in [-0.3, -0.25) is 9.69 Å². The molecule has 1 amide bonds. The van der Waals surface area contributed by atoms with Crippen LogP contribution in [0.3, 0.4) is 0 Å². The molecule has 192 valence electrons. The van der Waals surface area contributed by atoms with E-state index in [0.717, 1.165) is 16.8 Å². The van der Waals surface area contributed by atoms with Crippen LogP contribution in [0.25, 0.3) is 0 Å². The molecule has 2 aliphatic rings. The van der Waals surface area contributed by atoms with E-state index < -0.39 is 0 Å². The molecule has 0 aliphatic carbocycles. The quantitative estimate of drug-likeness (QED) is 0.462. The molecule has 1 atom stereocenters. The second-order valence-electron chi connectivity index (χ2n) is 10.4. The molecule has 37 heavy (non-hydrogen) atoms. The average molecular weight is 499 g/mol. The number of nitrogens with zero attached hydrogens (tertiary/aromatic N) is 4. The Morgan fingerprint density at radius 3 is 2.32 bits per heavy atom. The van der Waals surface area contributed by atoms with Gasteiger partial charge < -0.3 is 4.90 Å². The summed E-state index contributed by atoms with van der Waals surface area (Å²) in [7, 11) is 0. The van der Waals surface area contributed by atoms with Crippen molar-refractivity contribution in [3.8, 4) is 0 Å². The Morgan fingerprint density at radius 2 is 1.59 bits per heavy atom. The fourth-order valence-corrected chi connectivity index (χ4v) is 5.52. The summed E-state index contributed by atoms with van der Waals surface area (Å²) in [6.45, 7) is 11.5. The lowest BCUT2D eigenvalue weighted by atomic mass is 9.92. The number of halogens is 1. The first-order chi connectivity index (χ1) is 17.8. The van der Waals surface area contributed by atoms with Gasteiger partial charge in [-0.25, -0.2) is 9.40 Å². The normalized spacial score (nSPS) is 18.3. The van der Waals surface area contributed by atoms with E-state index in [2.05, 4.69) is 73.9 Å². The highest BCUT2D eigenvalue weighted by molar-refractivity contribution is 6.04. The maximum absolute atomic E-state index is 14.2. The molecule has 1 saturated heterocycles. The van der Waals surface area contributed by atoms with Crippen LogP contribution in [0.5, 0.6) is 0 Å². The number of hydrogen-bond acceptors (Lipinski definition) is 4. The van der Waals surface area contributed by atoms with Gasteiger partial charge in [-0.1, -0.05) is 59.7 Å². The van der Waals surface area contributed by atoms with Crippen LogP contribution in [0.4, 0.5) is 10.1 Å². The van der Waals surface area contributed by atoms with Crippen LogP contribution in [0.15, 0.2) is 65.8 Å². The third kappa shape index (κ3) is 5.30. The molecule has 1 fully saturated rings. The van der Waals surface area contributed by atoms with Crippen molar-refractivity contribution in [1.29, 1.82) is 0 Å². The van der Waals surface area contributed by atoms with E-state index in [1.165, 1.54) is 28.3 Å². The van der Waals surface area contributed by atoms with Gasteiger partial charge >= 0.3 is 0 Å². The van der Waals surface area contributed by atoms with E-state index in [1.54, 1.807) is 11.1 Å². The highest BCUT2D eigenvalue weighted by atomic mass is 19.1. The molecule has 0 aromatic heterocycles. The molecule has 5 nitrogen and oxygen atoms in total. The summed E-state index contributed by atoms with van der Waals surface area (Å²) >= 11 is 0. The third-order valence-corrected chi connectivity index (χ3v) is 7.58. The van der Waals surface area contributed by atoms with Crippen molar-refractivity contribution in [1.82, 2.24) is 9.91 Å². The summed E-state index contributed by atoms with van der Waals surface area (Å²) in [5.74, 6) is -0.196. The Bertz CT molecular complexity index is 1340. The molecule has 0 radical (unpaired) electrons. The van der Waals surface area contributed by atoms with Crippen molar-refractivity contribution in [3.63, 3.8) is 0 Å². The third-order valence-electron chi connectivity index (χ3n) is 7.58. The molecule has 5 rings (SSSR count). The van der Waals surface area contributed by atoms with Crippen LogP contribution < -0.4 is 4.90 Å². The molecule has 0 saturated carbocycles. The molecule has 3 aromatic rings. The number of amides is 1. The van der Waals surface area contributed by atoms with Crippen LogP contribution in [0, 0.1) is 33.5 Å². The first-order valence-corrected chi connectivity index (χ1v) is 13.1. The molecule has 2 aliphatic heterocycles. The summed E-state index contributed by atoms with van der Waals surface area (Å²) in [6, 6.07) is 19.6. The lowest BCUT2D eigenvalue weighted by Crippen LogP contribution is -2.49. The lowest BCUT2D eigenvalue weighted by molar-refractivity contribution is -0.134. The zero-order valence-electron chi connectivity index (χ0n) is 22.2. The maximum atomic E-state index is 14.2. The Hall–Kier alpha value is -3.51. The van der Waals surface area contributed by atoms with Crippen molar-refractivity contribution in [2.75, 3.05) is 37.6 Å². The van der Waals surface area contributed by atoms with Crippen molar-refractivity contribution in [2.24, 2.45) is 5.10 Å². The predicted octanol–water partition coefficient (Wildman–Crippen LogP) is 5.56. The highest BCUT2D eigenvalue weighted by Gasteiger charge is 2.35. The second kappa shape index (κ2) is 10.5. The van der Waals surface area contributed by atoms with Crippen LogP contribution in [-0.4, -0.2) is 54.3 Å². The number of piperazine rings is 1. The average Bonchev–Trinajstić information content (AvgIpc) is 3.31. The van der Waals surface area contributed by atoms with Crippen molar-refractivity contribution in [3.05, 3.63) is 99.9 Å². The standard InChI is InChI=1S/C31H35FN4O/c1-21-10-12-25(24(4)17-21)28-19-30(26-18-22(2)9-11-23(26)3)36(33-28)31(37)20-34-13-15-35(16-14-34)29-8-6-5-7-27(29)32/h5-12,17-18,30H,13-16,19-20H2,1-4H3. The van der Waals surface area contributed by atoms with E-state index in [1.807, 2.05) is 12.1 Å². The molecule has 1 unspecified atom stereocenters. The van der Waals surface area contributed by atoms with E-state index in [0.29, 0.717) is 44.8 Å². The molecule has 3 aromatic carbocycles. The largest absolute Gasteiger partial charge is 0.367 e. The molecule has 0 spiro atoms. The summed E-state index contributed by atoms with van der Waals surface area (Å²) in [6.07, 6.45) is 0.695. The van der Waals surface area contributed by atoms with Gasteiger partial charge in [0.25, 0.3) is 5.91 Å². The Morgan fingerprint density at radius 1 is 0.892 bits per heavy atom. The molecule has 2 heterocycles. The smallest absolute Gasteiger partial charge is 0.257 e. The second-order valence-corrected chi connectivity index (χ2v) is 10.4. The molecular weight excluding hydrogens is 463 g/mol. The Balaban J connectivity index is 1.36. The number of carbonyl (C=O) groups is 1. The minimum absolute atomic E-state index is 0.00464. The van der Waals surface area contributed by atoms with Crippen molar-refractivity contribution in [2.45, 2.75) is 40.2 Å². The maximum Gasteiger partial charge on any atom is 0.257 e. The predicted molar refractivity (Wildman–Crippen MR) is 148 cm³/mol. The number of hydrogen-bond donors (Lipinski definition) is 0. The van der Waals surface area contributed by atoms with E-state index in [9.17, 15) is 9.18 Å². The molecular formula is C31H35FN4O. The van der Waals surface area contributed by atoms with Crippen LogP contribution in [0.1, 0.15) is 45.8 Å². The fourth-order valence-electron chi connectivity index (χ4n) is 5.52. The van der Waals surface area contributed by atoms with Crippen molar-refractivity contribution >= 4 is 17.3 Å². The monoisotopic (exact) mass is 498 g/mol. The molecule has 0 N–H and O–H groups in total. The van der Waals surface area contributed by atoms with Gasteiger partial charge in [0.05, 0.1) is 24.0 Å². The van der Waals surface area contributed by atoms with Crippen LogP contribution in [0.2, 0.25) is 0 Å². The van der Waals surface area contributed by atoms with Crippen LogP contribution >= 0.6 is 0 Å².